The molecule has 3 rings (SSSR count). The fourth-order valence-electron chi connectivity index (χ4n) is 2.50. The summed E-state index contributed by atoms with van der Waals surface area (Å²) in [5.74, 6) is 0.809. The van der Waals surface area contributed by atoms with Crippen LogP contribution in [0.4, 0.5) is 5.82 Å². The highest BCUT2D eigenvalue weighted by Crippen LogP contribution is 2.19. The number of nitrogens with zero attached hydrogens (tertiary/aromatic N) is 2. The largest absolute Gasteiger partial charge is 0.497 e. The predicted molar refractivity (Wildman–Crippen MR) is 104 cm³/mol. The van der Waals surface area contributed by atoms with E-state index in [1.54, 1.807) is 74.0 Å². The number of amides is 1. The summed E-state index contributed by atoms with van der Waals surface area (Å²) in [4.78, 5) is 30.8. The van der Waals surface area contributed by atoms with Crippen LogP contribution in [0, 0.1) is 0 Å². The van der Waals surface area contributed by atoms with Gasteiger partial charge in [-0.05, 0) is 48.6 Å². The van der Waals surface area contributed by atoms with Gasteiger partial charge in [0.2, 0.25) is 0 Å². The van der Waals surface area contributed by atoms with Gasteiger partial charge in [-0.1, -0.05) is 17.5 Å². The van der Waals surface area contributed by atoms with Crippen molar-refractivity contribution in [1.29, 1.82) is 0 Å². The second-order valence-corrected chi connectivity index (χ2v) is 5.77. The number of rotatable bonds is 7. The minimum Gasteiger partial charge on any atom is -0.497 e. The smallest absolute Gasteiger partial charge is 0.312 e. The number of aromatic nitrogens is 1. The number of pyridine rings is 1. The highest BCUT2D eigenvalue weighted by molar-refractivity contribution is 6.07. The Kier molecular flexibility index (Phi) is 6.21. The molecule has 0 bridgehead atoms. The molecule has 1 amide bonds. The molecule has 1 aliphatic rings. The zero-order chi connectivity index (χ0) is 19.8. The molecule has 1 heterocycles. The van der Waals surface area contributed by atoms with Crippen LogP contribution in [0.3, 0.4) is 0 Å². The zero-order valence-corrected chi connectivity index (χ0v) is 15.3. The quantitative estimate of drug-likeness (QED) is 0.423. The molecule has 0 fully saturated rings. The molecule has 6 nitrogen and oxygen atoms in total. The number of hydrogen-bond donors (Lipinski definition) is 0. The molecule has 0 radical (unpaired) electrons. The lowest BCUT2D eigenvalue weighted by Crippen LogP contribution is -2.35. The molecule has 0 spiro atoms. The van der Waals surface area contributed by atoms with Crippen molar-refractivity contribution in [3.63, 3.8) is 0 Å². The van der Waals surface area contributed by atoms with E-state index in [-0.39, 0.29) is 18.9 Å². The van der Waals surface area contributed by atoms with Crippen LogP contribution in [0.25, 0.3) is 0 Å². The molecule has 2 aromatic rings. The number of methoxy groups -OCH3 is 1. The summed E-state index contributed by atoms with van der Waals surface area (Å²) in [6.07, 6.45) is 6.41. The van der Waals surface area contributed by atoms with Gasteiger partial charge in [0.05, 0.1) is 13.5 Å². The summed E-state index contributed by atoms with van der Waals surface area (Å²) in [7, 11) is 1.56. The van der Waals surface area contributed by atoms with Gasteiger partial charge in [0.15, 0.2) is 0 Å². The summed E-state index contributed by atoms with van der Waals surface area (Å²) in [5, 5.41) is 0. The Bertz CT molecular complexity index is 981. The lowest BCUT2D eigenvalue weighted by atomic mass is 10.1. The molecule has 6 heteroatoms. The Morgan fingerprint density at radius 1 is 1.07 bits per heavy atom. The second-order valence-electron chi connectivity index (χ2n) is 5.77. The van der Waals surface area contributed by atoms with Crippen molar-refractivity contribution in [2.45, 2.75) is 6.42 Å². The van der Waals surface area contributed by atoms with Gasteiger partial charge in [-0.2, -0.15) is 0 Å². The summed E-state index contributed by atoms with van der Waals surface area (Å²) in [6.45, 7) is 0.128. The highest BCUT2D eigenvalue weighted by atomic mass is 16.5. The predicted octanol–water partition coefficient (Wildman–Crippen LogP) is 3.23. The molecule has 0 unspecified atom stereocenters. The maximum absolute atomic E-state index is 12.9. The number of hydrogen-bond acceptors (Lipinski definition) is 5. The molecule has 1 aliphatic carbocycles. The van der Waals surface area contributed by atoms with Gasteiger partial charge in [0.25, 0.3) is 5.91 Å². The monoisotopic (exact) mass is 374 g/mol. The average Bonchev–Trinajstić information content (AvgIpc) is 2.75. The van der Waals surface area contributed by atoms with Gasteiger partial charge >= 0.3 is 5.97 Å². The van der Waals surface area contributed by atoms with Crippen molar-refractivity contribution in [3.05, 3.63) is 83.9 Å². The van der Waals surface area contributed by atoms with Crippen molar-refractivity contribution in [1.82, 2.24) is 4.98 Å². The topological polar surface area (TPSA) is 68.7 Å². The number of carbonyl (C=O) groups is 2. The molecular formula is C22H18N2O4. The van der Waals surface area contributed by atoms with Crippen LogP contribution < -0.4 is 14.4 Å². The van der Waals surface area contributed by atoms with Gasteiger partial charge < -0.3 is 9.47 Å². The van der Waals surface area contributed by atoms with Crippen LogP contribution in [0.15, 0.2) is 83.9 Å². The van der Waals surface area contributed by atoms with Crippen molar-refractivity contribution < 1.29 is 19.1 Å². The van der Waals surface area contributed by atoms with Crippen molar-refractivity contribution in [3.8, 4) is 11.5 Å². The third kappa shape index (κ3) is 4.86. The average molecular weight is 374 g/mol. The number of carbonyl (C=O) groups excluding carboxylic acids is 2. The molecule has 0 saturated heterocycles. The lowest BCUT2D eigenvalue weighted by molar-refractivity contribution is -0.134. The Morgan fingerprint density at radius 2 is 1.86 bits per heavy atom. The van der Waals surface area contributed by atoms with E-state index in [1.165, 1.54) is 4.90 Å². The minimum absolute atomic E-state index is 0.0109. The third-order valence-corrected chi connectivity index (χ3v) is 3.91. The highest BCUT2D eigenvalue weighted by Gasteiger charge is 2.21. The number of allylic oxidation sites excluding steroid dienone is 2. The molecule has 28 heavy (non-hydrogen) atoms. The van der Waals surface area contributed by atoms with Crippen LogP contribution >= 0.6 is 0 Å². The Hall–Kier alpha value is -3.85. The Balaban J connectivity index is 1.68. The van der Waals surface area contributed by atoms with Crippen molar-refractivity contribution in [2.24, 2.45) is 0 Å². The summed E-state index contributed by atoms with van der Waals surface area (Å²) >= 11 is 0. The molecular weight excluding hydrogens is 356 g/mol. The van der Waals surface area contributed by atoms with E-state index in [0.29, 0.717) is 22.9 Å². The first kappa shape index (κ1) is 18.9. The molecule has 1 aromatic heterocycles. The first-order chi connectivity index (χ1) is 13.7. The second kappa shape index (κ2) is 9.19. The maximum Gasteiger partial charge on any atom is 0.312 e. The summed E-state index contributed by atoms with van der Waals surface area (Å²) in [5.41, 5.74) is 5.96. The van der Waals surface area contributed by atoms with Gasteiger partial charge in [-0.3, -0.25) is 14.5 Å². The molecule has 1 aromatic carbocycles. The van der Waals surface area contributed by atoms with Crippen LogP contribution in [0.1, 0.15) is 6.42 Å². The Morgan fingerprint density at radius 3 is 2.50 bits per heavy atom. The van der Waals surface area contributed by atoms with Crippen LogP contribution in [0.5, 0.6) is 11.5 Å². The Labute approximate surface area is 162 Å². The molecule has 0 saturated carbocycles. The first-order valence-electron chi connectivity index (χ1n) is 8.63. The van der Waals surface area contributed by atoms with Gasteiger partial charge in [-0.15, -0.1) is 0 Å². The van der Waals surface area contributed by atoms with E-state index in [0.717, 1.165) is 0 Å². The zero-order valence-electron chi connectivity index (χ0n) is 15.3. The summed E-state index contributed by atoms with van der Waals surface area (Å²) in [6, 6.07) is 12.0. The van der Waals surface area contributed by atoms with Crippen LogP contribution in [-0.2, 0) is 9.59 Å². The van der Waals surface area contributed by atoms with Gasteiger partial charge in [-0.25, -0.2) is 4.98 Å². The minimum atomic E-state index is -0.452. The van der Waals surface area contributed by atoms with E-state index >= 15 is 0 Å². The number of ether oxygens (including phenoxy) is 2. The fourth-order valence-corrected chi connectivity index (χ4v) is 2.50. The maximum atomic E-state index is 12.9. The third-order valence-electron chi connectivity index (χ3n) is 3.91. The fraction of sp³-hybridized carbons (Fsp3) is 0.136. The van der Waals surface area contributed by atoms with Crippen molar-refractivity contribution >= 4 is 17.7 Å². The number of benzene rings is 1. The SMILES string of the molecule is COc1ccc(OC(=O)CCN(C(=O)C2=CC=C=C=C2)c2ccccn2)cc1. The van der Waals surface area contributed by atoms with Crippen molar-refractivity contribution in [2.75, 3.05) is 18.6 Å². The number of esters is 1. The standard InChI is InChI=1S/C22H18N2O4/c1-27-18-10-12-19(13-11-18)28-21(25)14-16-24(20-9-5-6-15-23-20)22(26)17-7-3-2-4-8-17/h3,5-13,15H,14,16H2,1H3. The van der Waals surface area contributed by atoms with Gasteiger partial charge in [0.1, 0.15) is 17.3 Å². The molecule has 0 atom stereocenters. The van der Waals surface area contributed by atoms with E-state index in [2.05, 4.69) is 16.4 Å². The lowest BCUT2D eigenvalue weighted by Gasteiger charge is -2.21. The van der Waals surface area contributed by atoms with E-state index in [4.69, 9.17) is 9.47 Å². The molecule has 0 aliphatic heterocycles. The van der Waals surface area contributed by atoms with Gasteiger partial charge in [0, 0.05) is 24.4 Å². The normalized spacial score (nSPS) is 11.7. The molecule has 0 N–H and O–H groups in total. The molecule has 140 valence electrons. The number of anilines is 1. The van der Waals surface area contributed by atoms with E-state index in [9.17, 15) is 9.59 Å². The first-order valence-corrected chi connectivity index (χ1v) is 8.63. The van der Waals surface area contributed by atoms with E-state index in [1.807, 2.05) is 0 Å². The summed E-state index contributed by atoms with van der Waals surface area (Å²) < 4.78 is 10.4. The van der Waals surface area contributed by atoms with Crippen LogP contribution in [-0.4, -0.2) is 30.5 Å². The van der Waals surface area contributed by atoms with Crippen LogP contribution in [0.2, 0.25) is 0 Å². The van der Waals surface area contributed by atoms with E-state index < -0.39 is 5.97 Å².